The van der Waals surface area contributed by atoms with Crippen molar-refractivity contribution >= 4 is 28.4 Å². The van der Waals surface area contributed by atoms with Gasteiger partial charge in [-0.2, -0.15) is 0 Å². The molecule has 2 aromatic heterocycles. The number of halogens is 2. The number of thioether (sulfide) groups is 1. The number of rotatable bonds is 5. The number of nitrogens with zero attached hydrogens (tertiary/aromatic N) is 4. The van der Waals surface area contributed by atoms with Gasteiger partial charge < -0.3 is 4.74 Å². The van der Waals surface area contributed by atoms with Crippen molar-refractivity contribution in [2.75, 3.05) is 12.9 Å². The monoisotopic (exact) mass is 402 g/mol. The zero-order valence-electron chi connectivity index (χ0n) is 15.1. The lowest BCUT2D eigenvalue weighted by molar-refractivity contribution is 0.176. The highest BCUT2D eigenvalue weighted by molar-refractivity contribution is 7.99. The molecule has 0 atom stereocenters. The predicted octanol–water partition coefficient (Wildman–Crippen LogP) is 3.71. The van der Waals surface area contributed by atoms with Crippen molar-refractivity contribution in [3.63, 3.8) is 0 Å². The van der Waals surface area contributed by atoms with Crippen molar-refractivity contribution in [1.29, 1.82) is 0 Å². The fraction of sp³-hybridized carbons (Fsp3) is 0.211. The predicted molar refractivity (Wildman–Crippen MR) is 104 cm³/mol. The van der Waals surface area contributed by atoms with Crippen LogP contribution in [-0.2, 0) is 0 Å². The van der Waals surface area contributed by atoms with Crippen molar-refractivity contribution in [1.82, 2.24) is 19.2 Å². The third-order valence-corrected chi connectivity index (χ3v) is 5.25. The smallest absolute Gasteiger partial charge is 0.267 e. The zero-order chi connectivity index (χ0) is 19.8. The number of methoxy groups -OCH3 is 1. The summed E-state index contributed by atoms with van der Waals surface area (Å²) in [6.07, 6.45) is -2.48. The summed E-state index contributed by atoms with van der Waals surface area (Å²) in [6, 6.07) is 12.4. The Labute approximate surface area is 162 Å². The molecule has 0 aliphatic heterocycles. The molecule has 0 aliphatic rings. The van der Waals surface area contributed by atoms with Crippen LogP contribution in [0.15, 0.2) is 52.4 Å². The lowest BCUT2D eigenvalue weighted by Gasteiger charge is -2.14. The van der Waals surface area contributed by atoms with Gasteiger partial charge in [0, 0.05) is 0 Å². The van der Waals surface area contributed by atoms with E-state index in [1.807, 2.05) is 19.1 Å². The van der Waals surface area contributed by atoms with Crippen LogP contribution in [-0.4, -0.2) is 38.5 Å². The minimum absolute atomic E-state index is 0.240. The highest BCUT2D eigenvalue weighted by Crippen LogP contribution is 2.28. The van der Waals surface area contributed by atoms with Gasteiger partial charge in [-0.1, -0.05) is 30.0 Å². The fourth-order valence-corrected chi connectivity index (χ4v) is 3.78. The van der Waals surface area contributed by atoms with Crippen LogP contribution >= 0.6 is 11.8 Å². The number of ether oxygens (including phenoxy) is 1. The molecule has 0 bridgehead atoms. The summed E-state index contributed by atoms with van der Waals surface area (Å²) in [5.41, 5.74) is 1.72. The van der Waals surface area contributed by atoms with Crippen LogP contribution in [0.5, 0.6) is 5.75 Å². The van der Waals surface area contributed by atoms with E-state index in [-0.39, 0.29) is 11.3 Å². The van der Waals surface area contributed by atoms with Gasteiger partial charge in [0.25, 0.3) is 5.56 Å². The van der Waals surface area contributed by atoms with E-state index in [0.717, 1.165) is 17.3 Å². The molecule has 4 aromatic rings. The average Bonchev–Trinajstić information content (AvgIpc) is 3.10. The number of hydrogen-bond donors (Lipinski definition) is 0. The van der Waals surface area contributed by atoms with Crippen LogP contribution in [0, 0.1) is 6.92 Å². The Morgan fingerprint density at radius 3 is 2.71 bits per heavy atom. The van der Waals surface area contributed by atoms with Gasteiger partial charge in [-0.05, 0) is 36.8 Å². The van der Waals surface area contributed by atoms with Crippen LogP contribution in [0.1, 0.15) is 5.56 Å². The molecule has 4 rings (SSSR count). The quantitative estimate of drug-likeness (QED) is 0.476. The maximum Gasteiger partial charge on any atom is 0.267 e. The first-order valence-corrected chi connectivity index (χ1v) is 9.44. The van der Waals surface area contributed by atoms with Gasteiger partial charge in [0.1, 0.15) is 5.75 Å². The minimum Gasteiger partial charge on any atom is -0.495 e. The van der Waals surface area contributed by atoms with Crippen LogP contribution in [0.2, 0.25) is 0 Å². The molecular formula is C19H16F2N4O2S. The number of alkyl halides is 2. The summed E-state index contributed by atoms with van der Waals surface area (Å²) < 4.78 is 34.0. The van der Waals surface area contributed by atoms with Gasteiger partial charge in [0.15, 0.2) is 5.16 Å². The molecule has 28 heavy (non-hydrogen) atoms. The molecule has 0 fully saturated rings. The summed E-state index contributed by atoms with van der Waals surface area (Å²) in [6.45, 7) is 1.90. The molecule has 0 radical (unpaired) electrons. The first kappa shape index (κ1) is 18.4. The molecular weight excluding hydrogens is 386 g/mol. The number of para-hydroxylation sites is 1. The second kappa shape index (κ2) is 7.23. The maximum absolute atomic E-state index is 13.3. The normalized spacial score (nSPS) is 11.6. The standard InChI is InChI=1S/C19H16F2N4O2S/c1-11-7-8-15(27-2)14(9-11)24-17(26)12-5-3-4-6-13(12)25-18(24)22-23-19(25)28-10-16(20)21/h3-9,16H,10H2,1-2H3. The lowest BCUT2D eigenvalue weighted by atomic mass is 10.2. The summed E-state index contributed by atoms with van der Waals surface area (Å²) in [5.74, 6) is 0.321. The van der Waals surface area contributed by atoms with Gasteiger partial charge in [0.05, 0.1) is 29.5 Å². The van der Waals surface area contributed by atoms with Crippen LogP contribution in [0.4, 0.5) is 8.78 Å². The first-order chi connectivity index (χ1) is 13.5. The van der Waals surface area contributed by atoms with Gasteiger partial charge in [-0.15, -0.1) is 10.2 Å². The molecule has 0 spiro atoms. The topological polar surface area (TPSA) is 61.4 Å². The van der Waals surface area contributed by atoms with Crippen molar-refractivity contribution < 1.29 is 13.5 Å². The van der Waals surface area contributed by atoms with E-state index in [0.29, 0.717) is 27.5 Å². The Balaban J connectivity index is 2.11. The molecule has 0 aliphatic carbocycles. The SMILES string of the molecule is COc1ccc(C)cc1-n1c(=O)c2ccccc2n2c(SCC(F)F)nnc12. The second-order valence-corrected chi connectivity index (χ2v) is 7.14. The highest BCUT2D eigenvalue weighted by atomic mass is 32.2. The molecule has 6 nitrogen and oxygen atoms in total. The maximum atomic E-state index is 13.3. The number of benzene rings is 2. The Morgan fingerprint density at radius 1 is 1.18 bits per heavy atom. The van der Waals surface area contributed by atoms with E-state index in [1.165, 1.54) is 11.7 Å². The second-order valence-electron chi connectivity index (χ2n) is 6.15. The summed E-state index contributed by atoms with van der Waals surface area (Å²) in [5, 5.41) is 8.93. The molecule has 0 amide bonds. The number of aromatic nitrogens is 4. The van der Waals surface area contributed by atoms with E-state index >= 15 is 0 Å². The molecule has 9 heteroatoms. The van der Waals surface area contributed by atoms with E-state index in [1.54, 1.807) is 34.7 Å². The molecule has 0 N–H and O–H groups in total. The third kappa shape index (κ3) is 3.01. The van der Waals surface area contributed by atoms with E-state index in [4.69, 9.17) is 4.74 Å². The van der Waals surface area contributed by atoms with Crippen molar-refractivity contribution in [3.8, 4) is 11.4 Å². The Hall–Kier alpha value is -2.94. The van der Waals surface area contributed by atoms with Gasteiger partial charge in [0.2, 0.25) is 12.2 Å². The number of hydrogen-bond acceptors (Lipinski definition) is 5. The zero-order valence-corrected chi connectivity index (χ0v) is 15.9. The van der Waals surface area contributed by atoms with Crippen LogP contribution < -0.4 is 10.3 Å². The van der Waals surface area contributed by atoms with Crippen LogP contribution in [0.25, 0.3) is 22.4 Å². The van der Waals surface area contributed by atoms with Gasteiger partial charge >= 0.3 is 0 Å². The third-order valence-electron chi connectivity index (χ3n) is 4.31. The number of aryl methyl sites for hydroxylation is 1. The Kier molecular flexibility index (Phi) is 4.76. The molecule has 0 unspecified atom stereocenters. The molecule has 2 aromatic carbocycles. The molecule has 144 valence electrons. The van der Waals surface area contributed by atoms with Crippen molar-refractivity contribution in [3.05, 3.63) is 58.4 Å². The summed E-state index contributed by atoms with van der Waals surface area (Å²) in [7, 11) is 1.52. The highest BCUT2D eigenvalue weighted by Gasteiger charge is 2.20. The fourth-order valence-electron chi connectivity index (χ4n) is 3.10. The summed E-state index contributed by atoms with van der Waals surface area (Å²) >= 11 is 0.895. The van der Waals surface area contributed by atoms with E-state index in [9.17, 15) is 13.6 Å². The Morgan fingerprint density at radius 2 is 1.96 bits per heavy atom. The van der Waals surface area contributed by atoms with Gasteiger partial charge in [-0.25, -0.2) is 13.3 Å². The molecule has 0 saturated heterocycles. The summed E-state index contributed by atoms with van der Waals surface area (Å²) in [4.78, 5) is 13.3. The van der Waals surface area contributed by atoms with Crippen LogP contribution in [0.3, 0.4) is 0 Å². The van der Waals surface area contributed by atoms with Gasteiger partial charge in [-0.3, -0.25) is 9.20 Å². The Bertz CT molecular complexity index is 1240. The minimum atomic E-state index is -2.48. The first-order valence-electron chi connectivity index (χ1n) is 8.46. The van der Waals surface area contributed by atoms with E-state index < -0.39 is 12.2 Å². The van der Waals surface area contributed by atoms with Crippen molar-refractivity contribution in [2.45, 2.75) is 18.5 Å². The van der Waals surface area contributed by atoms with E-state index in [2.05, 4.69) is 10.2 Å². The lowest BCUT2D eigenvalue weighted by Crippen LogP contribution is -2.22. The largest absolute Gasteiger partial charge is 0.495 e. The molecule has 0 saturated carbocycles. The molecule has 2 heterocycles. The number of fused-ring (bicyclic) bond motifs is 3. The average molecular weight is 402 g/mol. The van der Waals surface area contributed by atoms with Crippen molar-refractivity contribution in [2.24, 2.45) is 0 Å².